The summed E-state index contributed by atoms with van der Waals surface area (Å²) in [5, 5.41) is 0. The predicted molar refractivity (Wildman–Crippen MR) is 102 cm³/mol. The lowest BCUT2D eigenvalue weighted by Gasteiger charge is -2.34. The Kier molecular flexibility index (Phi) is 6.79. The molecule has 3 rings (SSSR count). The Hall–Kier alpha value is -0.863. The fourth-order valence-corrected chi connectivity index (χ4v) is 4.19. The molecule has 0 radical (unpaired) electrons. The van der Waals surface area contributed by atoms with Crippen molar-refractivity contribution in [1.82, 2.24) is 9.97 Å². The van der Waals surface area contributed by atoms with Crippen LogP contribution in [0.15, 0.2) is 12.3 Å². The molecule has 0 aromatic carbocycles. The zero-order valence-corrected chi connectivity index (χ0v) is 17.3. The molecule has 1 saturated carbocycles. The van der Waals surface area contributed by atoms with Gasteiger partial charge in [0.2, 0.25) is 0 Å². The molecule has 1 aromatic rings. The van der Waals surface area contributed by atoms with Crippen molar-refractivity contribution in [3.63, 3.8) is 0 Å². The van der Waals surface area contributed by atoms with E-state index in [1.807, 2.05) is 12.3 Å². The smallest absolute Gasteiger partial charge is 0.168 e. The zero-order chi connectivity index (χ0) is 18.5. The lowest BCUT2D eigenvalue weighted by molar-refractivity contribution is -0.179. The highest BCUT2D eigenvalue weighted by atomic mass is 28.3. The minimum Gasteiger partial charge on any atom is -0.356 e. The fraction of sp³-hybridized carbons (Fsp3) is 0.789. The SMILES string of the molecule is C[Si](C)(C)CCOCOCc1ccnc(C2CCC3(CC2)OCCO3)n1. The second kappa shape index (κ2) is 8.88. The first-order valence-electron chi connectivity index (χ1n) is 9.71. The van der Waals surface area contributed by atoms with E-state index in [0.717, 1.165) is 49.9 Å². The van der Waals surface area contributed by atoms with Gasteiger partial charge in [-0.15, -0.1) is 0 Å². The number of aromatic nitrogens is 2. The molecule has 1 aromatic heterocycles. The molecule has 2 aliphatic rings. The number of hydrogen-bond donors (Lipinski definition) is 0. The van der Waals surface area contributed by atoms with Crippen LogP contribution in [0.25, 0.3) is 0 Å². The van der Waals surface area contributed by atoms with Gasteiger partial charge in [0.05, 0.1) is 25.5 Å². The lowest BCUT2D eigenvalue weighted by atomic mass is 9.84. The van der Waals surface area contributed by atoms with Gasteiger partial charge in [0.15, 0.2) is 5.79 Å². The van der Waals surface area contributed by atoms with Crippen LogP contribution in [0.2, 0.25) is 25.7 Å². The molecule has 26 heavy (non-hydrogen) atoms. The number of nitrogens with zero attached hydrogens (tertiary/aromatic N) is 2. The maximum Gasteiger partial charge on any atom is 0.168 e. The molecule has 2 fully saturated rings. The molecule has 7 heteroatoms. The van der Waals surface area contributed by atoms with Crippen molar-refractivity contribution in [1.29, 1.82) is 0 Å². The molecule has 0 atom stereocenters. The Bertz CT molecular complexity index is 563. The van der Waals surface area contributed by atoms with E-state index in [-0.39, 0.29) is 5.79 Å². The van der Waals surface area contributed by atoms with Gasteiger partial charge in [-0.1, -0.05) is 19.6 Å². The fourth-order valence-electron chi connectivity index (χ4n) is 3.43. The third kappa shape index (κ3) is 5.82. The molecule has 0 unspecified atom stereocenters. The summed E-state index contributed by atoms with van der Waals surface area (Å²) in [5.41, 5.74) is 0.914. The minimum atomic E-state index is -1.04. The highest BCUT2D eigenvalue weighted by molar-refractivity contribution is 6.76. The zero-order valence-electron chi connectivity index (χ0n) is 16.3. The van der Waals surface area contributed by atoms with Gasteiger partial charge < -0.3 is 18.9 Å². The normalized spacial score (nSPS) is 20.7. The number of rotatable bonds is 8. The third-order valence-corrected chi connectivity index (χ3v) is 6.78. The summed E-state index contributed by atoms with van der Waals surface area (Å²) >= 11 is 0. The molecule has 2 heterocycles. The van der Waals surface area contributed by atoms with Crippen LogP contribution in [0.5, 0.6) is 0 Å². The Morgan fingerprint density at radius 2 is 1.88 bits per heavy atom. The van der Waals surface area contributed by atoms with Crippen molar-refractivity contribution >= 4 is 8.07 Å². The number of hydrogen-bond acceptors (Lipinski definition) is 6. The van der Waals surface area contributed by atoms with Gasteiger partial charge >= 0.3 is 0 Å². The molecule has 1 spiro atoms. The van der Waals surface area contributed by atoms with Crippen LogP contribution in [-0.2, 0) is 25.6 Å². The molecule has 0 amide bonds. The van der Waals surface area contributed by atoms with Crippen LogP contribution >= 0.6 is 0 Å². The van der Waals surface area contributed by atoms with E-state index in [1.54, 1.807) is 0 Å². The Morgan fingerprint density at radius 1 is 1.15 bits per heavy atom. The van der Waals surface area contributed by atoms with E-state index >= 15 is 0 Å². The molecular weight excluding hydrogens is 348 g/mol. The van der Waals surface area contributed by atoms with Crippen molar-refractivity contribution < 1.29 is 18.9 Å². The highest BCUT2D eigenvalue weighted by Gasteiger charge is 2.41. The first-order chi connectivity index (χ1) is 12.5. The standard InChI is InChI=1S/C19H32N2O4Si/c1-26(2,3)13-12-22-15-23-14-17-6-9-20-18(21-17)16-4-7-19(8-5-16)24-10-11-25-19/h6,9,16H,4-5,7-8,10-15H2,1-3H3. The quantitative estimate of drug-likeness (QED) is 0.389. The summed E-state index contributed by atoms with van der Waals surface area (Å²) in [6.45, 7) is 10.0. The second-order valence-electron chi connectivity index (χ2n) is 8.47. The molecular formula is C19H32N2O4Si. The van der Waals surface area contributed by atoms with Crippen molar-refractivity contribution in [3.8, 4) is 0 Å². The Morgan fingerprint density at radius 3 is 2.58 bits per heavy atom. The van der Waals surface area contributed by atoms with Crippen LogP contribution in [0.3, 0.4) is 0 Å². The summed E-state index contributed by atoms with van der Waals surface area (Å²) < 4.78 is 22.8. The second-order valence-corrected chi connectivity index (χ2v) is 14.1. The first kappa shape index (κ1) is 19.9. The van der Waals surface area contributed by atoms with Gasteiger partial charge in [-0.05, 0) is 25.0 Å². The monoisotopic (exact) mass is 380 g/mol. The predicted octanol–water partition coefficient (Wildman–Crippen LogP) is 3.71. The maximum absolute atomic E-state index is 5.80. The van der Waals surface area contributed by atoms with Gasteiger partial charge in [0.25, 0.3) is 0 Å². The average molecular weight is 381 g/mol. The van der Waals surface area contributed by atoms with Crippen LogP contribution in [0.1, 0.15) is 43.1 Å². The highest BCUT2D eigenvalue weighted by Crippen LogP contribution is 2.41. The summed E-state index contributed by atoms with van der Waals surface area (Å²) in [7, 11) is -1.04. The maximum atomic E-state index is 5.80. The van der Waals surface area contributed by atoms with E-state index in [4.69, 9.17) is 23.9 Å². The van der Waals surface area contributed by atoms with Crippen molar-refractivity contribution in [3.05, 3.63) is 23.8 Å². The van der Waals surface area contributed by atoms with E-state index in [2.05, 4.69) is 24.6 Å². The van der Waals surface area contributed by atoms with Gasteiger partial charge in [-0.3, -0.25) is 0 Å². The van der Waals surface area contributed by atoms with Crippen LogP contribution in [-0.4, -0.2) is 50.4 Å². The van der Waals surface area contributed by atoms with Gasteiger partial charge in [0, 0.05) is 39.6 Å². The summed E-state index contributed by atoms with van der Waals surface area (Å²) in [6.07, 6.45) is 5.69. The minimum absolute atomic E-state index is 0.324. The largest absolute Gasteiger partial charge is 0.356 e. The van der Waals surface area contributed by atoms with Crippen LogP contribution < -0.4 is 0 Å². The number of ether oxygens (including phenoxy) is 4. The molecule has 1 aliphatic carbocycles. The van der Waals surface area contributed by atoms with Gasteiger partial charge in [-0.25, -0.2) is 9.97 Å². The topological polar surface area (TPSA) is 62.7 Å². The third-order valence-electron chi connectivity index (χ3n) is 5.07. The van der Waals surface area contributed by atoms with Crippen molar-refractivity contribution in [2.45, 2.75) is 69.7 Å². The Balaban J connectivity index is 1.41. The Labute approximate surface area is 157 Å². The average Bonchev–Trinajstić information content (AvgIpc) is 3.06. The summed E-state index contributed by atoms with van der Waals surface area (Å²) in [5.74, 6) is 0.963. The summed E-state index contributed by atoms with van der Waals surface area (Å²) in [4.78, 5) is 9.19. The first-order valence-corrected chi connectivity index (χ1v) is 13.4. The van der Waals surface area contributed by atoms with Crippen LogP contribution in [0.4, 0.5) is 0 Å². The van der Waals surface area contributed by atoms with Crippen molar-refractivity contribution in [2.75, 3.05) is 26.6 Å². The lowest BCUT2D eigenvalue weighted by Crippen LogP contribution is -2.35. The van der Waals surface area contributed by atoms with Crippen molar-refractivity contribution in [2.24, 2.45) is 0 Å². The summed E-state index contributed by atoms with van der Waals surface area (Å²) in [6, 6.07) is 3.07. The molecule has 1 aliphatic heterocycles. The molecule has 1 saturated heterocycles. The van der Waals surface area contributed by atoms with E-state index in [9.17, 15) is 0 Å². The molecule has 6 nitrogen and oxygen atoms in total. The van der Waals surface area contributed by atoms with E-state index in [1.165, 1.54) is 0 Å². The van der Waals surface area contributed by atoms with E-state index in [0.29, 0.717) is 32.5 Å². The molecule has 146 valence electrons. The van der Waals surface area contributed by atoms with Gasteiger partial charge in [0.1, 0.15) is 12.6 Å². The van der Waals surface area contributed by atoms with E-state index < -0.39 is 8.07 Å². The molecule has 0 N–H and O–H groups in total. The van der Waals surface area contributed by atoms with Crippen LogP contribution in [0, 0.1) is 0 Å². The van der Waals surface area contributed by atoms with Gasteiger partial charge in [-0.2, -0.15) is 0 Å². The molecule has 0 bridgehead atoms.